The van der Waals surface area contributed by atoms with Crippen molar-refractivity contribution in [2.24, 2.45) is 10.1 Å². The number of rotatable bonds is 4. The van der Waals surface area contributed by atoms with Gasteiger partial charge in [-0.1, -0.05) is 18.2 Å². The summed E-state index contributed by atoms with van der Waals surface area (Å²) >= 11 is 3.27. The third kappa shape index (κ3) is 3.47. The molecule has 6 heteroatoms. The Labute approximate surface area is 142 Å². The molecule has 0 N–H and O–H groups in total. The van der Waals surface area contributed by atoms with Crippen LogP contribution in [-0.4, -0.2) is 17.4 Å². The summed E-state index contributed by atoms with van der Waals surface area (Å²) < 4.78 is 1.87. The van der Waals surface area contributed by atoms with Gasteiger partial charge in [0, 0.05) is 11.9 Å². The van der Waals surface area contributed by atoms with Gasteiger partial charge in [-0.3, -0.25) is 4.99 Å². The second kappa shape index (κ2) is 7.18. The maximum atomic E-state index is 8.85. The molecule has 23 heavy (non-hydrogen) atoms. The molecule has 0 unspecified atom stereocenters. The van der Waals surface area contributed by atoms with Crippen LogP contribution in [0.1, 0.15) is 18.1 Å². The van der Waals surface area contributed by atoms with E-state index in [2.05, 4.69) is 33.0 Å². The Kier molecular flexibility index (Phi) is 4.81. The highest BCUT2D eigenvalue weighted by Crippen LogP contribution is 2.25. The second-order valence-electron chi connectivity index (χ2n) is 4.65. The standard InChI is InChI=1S/C17H14N4S2/c1-2-19-17-21(15(12-23-17)16-4-3-9-22-16)20-11-14-7-5-13(10-18)6-8-14/h3-9,11-12H,2H2,1H3. The van der Waals surface area contributed by atoms with E-state index in [0.717, 1.165) is 27.5 Å². The van der Waals surface area contributed by atoms with Crippen molar-refractivity contribution in [3.8, 4) is 16.6 Å². The summed E-state index contributed by atoms with van der Waals surface area (Å²) in [5.74, 6) is 0. The van der Waals surface area contributed by atoms with E-state index in [9.17, 15) is 0 Å². The zero-order valence-corrected chi connectivity index (χ0v) is 14.1. The summed E-state index contributed by atoms with van der Waals surface area (Å²) in [5, 5.41) is 17.6. The van der Waals surface area contributed by atoms with Crippen LogP contribution in [-0.2, 0) is 0 Å². The van der Waals surface area contributed by atoms with Gasteiger partial charge in [0.15, 0.2) is 0 Å². The molecule has 4 nitrogen and oxygen atoms in total. The quantitative estimate of drug-likeness (QED) is 0.665. The molecule has 0 saturated heterocycles. The van der Waals surface area contributed by atoms with Crippen molar-refractivity contribution in [1.82, 2.24) is 4.68 Å². The number of hydrogen-bond acceptors (Lipinski definition) is 5. The van der Waals surface area contributed by atoms with Crippen LogP contribution in [0.2, 0.25) is 0 Å². The third-order valence-corrected chi connectivity index (χ3v) is 4.86. The number of benzene rings is 1. The zero-order valence-electron chi connectivity index (χ0n) is 12.5. The van der Waals surface area contributed by atoms with Gasteiger partial charge in [-0.2, -0.15) is 10.4 Å². The maximum Gasteiger partial charge on any atom is 0.206 e. The summed E-state index contributed by atoms with van der Waals surface area (Å²) in [6.07, 6.45) is 1.79. The molecule has 0 aliphatic heterocycles. The van der Waals surface area contributed by atoms with Crippen LogP contribution in [0.15, 0.2) is 57.3 Å². The lowest BCUT2D eigenvalue weighted by atomic mass is 10.2. The van der Waals surface area contributed by atoms with Gasteiger partial charge in [0.25, 0.3) is 0 Å². The minimum Gasteiger partial charge on any atom is -0.258 e. The molecule has 3 rings (SSSR count). The van der Waals surface area contributed by atoms with Gasteiger partial charge in [-0.25, -0.2) is 4.68 Å². The van der Waals surface area contributed by atoms with Gasteiger partial charge in [0.2, 0.25) is 4.80 Å². The summed E-state index contributed by atoms with van der Waals surface area (Å²) in [6.45, 7) is 2.73. The Balaban J connectivity index is 2.00. The fourth-order valence-electron chi connectivity index (χ4n) is 2.02. The molecule has 0 spiro atoms. The number of aromatic nitrogens is 1. The van der Waals surface area contributed by atoms with Crippen LogP contribution in [0.3, 0.4) is 0 Å². The fraction of sp³-hybridized carbons (Fsp3) is 0.118. The van der Waals surface area contributed by atoms with Crippen molar-refractivity contribution < 1.29 is 0 Å². The molecule has 0 amide bonds. The van der Waals surface area contributed by atoms with E-state index in [1.54, 1.807) is 41.0 Å². The van der Waals surface area contributed by atoms with Crippen molar-refractivity contribution in [2.45, 2.75) is 6.92 Å². The number of nitrogens with zero attached hydrogens (tertiary/aromatic N) is 4. The number of nitriles is 1. The average molecular weight is 338 g/mol. The summed E-state index contributed by atoms with van der Waals surface area (Å²) in [5.41, 5.74) is 2.63. The summed E-state index contributed by atoms with van der Waals surface area (Å²) in [4.78, 5) is 6.54. The minimum atomic E-state index is 0.645. The van der Waals surface area contributed by atoms with Crippen LogP contribution in [0.25, 0.3) is 10.6 Å². The molecule has 2 aromatic heterocycles. The summed E-state index contributed by atoms with van der Waals surface area (Å²) in [6, 6.07) is 13.6. The Bertz CT molecular complexity index is 907. The van der Waals surface area contributed by atoms with Crippen LogP contribution >= 0.6 is 22.7 Å². The van der Waals surface area contributed by atoms with E-state index in [1.165, 1.54) is 0 Å². The van der Waals surface area contributed by atoms with Gasteiger partial charge in [-0.15, -0.1) is 22.7 Å². The molecule has 0 radical (unpaired) electrons. The summed E-state index contributed by atoms with van der Waals surface area (Å²) in [7, 11) is 0. The average Bonchev–Trinajstić information content (AvgIpc) is 3.23. The Hall–Kier alpha value is -2.49. The van der Waals surface area contributed by atoms with Crippen molar-refractivity contribution in [2.75, 3.05) is 6.54 Å². The number of thiazole rings is 1. The van der Waals surface area contributed by atoms with Crippen molar-refractivity contribution >= 4 is 28.9 Å². The van der Waals surface area contributed by atoms with Gasteiger partial charge in [-0.05, 0) is 36.1 Å². The van der Waals surface area contributed by atoms with Crippen LogP contribution in [0.4, 0.5) is 0 Å². The van der Waals surface area contributed by atoms with Gasteiger partial charge < -0.3 is 0 Å². The van der Waals surface area contributed by atoms with E-state index >= 15 is 0 Å². The van der Waals surface area contributed by atoms with Crippen molar-refractivity contribution in [1.29, 1.82) is 5.26 Å². The predicted molar refractivity (Wildman–Crippen MR) is 95.9 cm³/mol. The molecule has 0 saturated carbocycles. The normalized spacial score (nSPS) is 11.9. The molecular formula is C17H14N4S2. The minimum absolute atomic E-state index is 0.645. The molecule has 0 fully saturated rings. The van der Waals surface area contributed by atoms with Crippen molar-refractivity contribution in [3.63, 3.8) is 0 Å². The zero-order chi connectivity index (χ0) is 16.1. The second-order valence-corrected chi connectivity index (χ2v) is 6.43. The monoisotopic (exact) mass is 338 g/mol. The molecule has 3 aromatic rings. The highest BCUT2D eigenvalue weighted by Gasteiger charge is 2.07. The van der Waals surface area contributed by atoms with E-state index in [1.807, 2.05) is 29.8 Å². The smallest absolute Gasteiger partial charge is 0.206 e. The van der Waals surface area contributed by atoms with Gasteiger partial charge >= 0.3 is 0 Å². The van der Waals surface area contributed by atoms with Crippen LogP contribution < -0.4 is 4.80 Å². The van der Waals surface area contributed by atoms with E-state index in [-0.39, 0.29) is 0 Å². The predicted octanol–water partition coefficient (Wildman–Crippen LogP) is 3.95. The Morgan fingerprint density at radius 2 is 2.04 bits per heavy atom. The Morgan fingerprint density at radius 3 is 2.70 bits per heavy atom. The molecule has 0 atom stereocenters. The van der Waals surface area contributed by atoms with E-state index < -0.39 is 0 Å². The molecular weight excluding hydrogens is 324 g/mol. The first-order valence-electron chi connectivity index (χ1n) is 7.11. The molecule has 0 aliphatic rings. The first-order chi connectivity index (χ1) is 11.3. The largest absolute Gasteiger partial charge is 0.258 e. The maximum absolute atomic E-state index is 8.85. The van der Waals surface area contributed by atoms with E-state index in [4.69, 9.17) is 5.26 Å². The first-order valence-corrected chi connectivity index (χ1v) is 8.87. The highest BCUT2D eigenvalue weighted by molar-refractivity contribution is 7.14. The number of thiophene rings is 1. The SMILES string of the molecule is CCN=c1scc(-c2cccs2)n1N=Cc1ccc(C#N)cc1. The van der Waals surface area contributed by atoms with Crippen LogP contribution in [0, 0.1) is 11.3 Å². The van der Waals surface area contributed by atoms with E-state index in [0.29, 0.717) is 5.56 Å². The van der Waals surface area contributed by atoms with Crippen molar-refractivity contribution in [3.05, 3.63) is 63.1 Å². The third-order valence-electron chi connectivity index (χ3n) is 3.11. The van der Waals surface area contributed by atoms with Crippen LogP contribution in [0.5, 0.6) is 0 Å². The fourth-order valence-corrected chi connectivity index (χ4v) is 3.71. The van der Waals surface area contributed by atoms with Gasteiger partial charge in [0.1, 0.15) is 0 Å². The highest BCUT2D eigenvalue weighted by atomic mass is 32.1. The van der Waals surface area contributed by atoms with Gasteiger partial charge in [0.05, 0.1) is 28.4 Å². The molecule has 0 bridgehead atoms. The number of hydrogen-bond donors (Lipinski definition) is 0. The lowest BCUT2D eigenvalue weighted by Gasteiger charge is -2.00. The molecule has 2 heterocycles. The Morgan fingerprint density at radius 1 is 1.22 bits per heavy atom. The topological polar surface area (TPSA) is 53.4 Å². The molecule has 0 aliphatic carbocycles. The molecule has 114 valence electrons. The lowest BCUT2D eigenvalue weighted by Crippen LogP contribution is -2.12. The first kappa shape index (κ1) is 15.4. The lowest BCUT2D eigenvalue weighted by molar-refractivity contribution is 0.834. The molecule has 1 aromatic carbocycles.